The molecule has 4 aromatic rings. The Balaban J connectivity index is 1.16. The monoisotopic (exact) mass is 502 g/mol. The van der Waals surface area contributed by atoms with Gasteiger partial charge in [-0.25, -0.2) is 0 Å². The van der Waals surface area contributed by atoms with Gasteiger partial charge < -0.3 is 9.42 Å². The van der Waals surface area contributed by atoms with Gasteiger partial charge in [-0.3, -0.25) is 9.97 Å². The number of rotatable bonds is 4. The second-order valence-corrected chi connectivity index (χ2v) is 10.9. The van der Waals surface area contributed by atoms with Gasteiger partial charge in [0.2, 0.25) is 0 Å². The number of hydrogen-bond acceptors (Lipinski definition) is 5. The average Bonchev–Trinajstić information content (AvgIpc) is 3.62. The Morgan fingerprint density at radius 1 is 1.00 bits per heavy atom. The smallest absolute Gasteiger partial charge is 0.147 e. The van der Waals surface area contributed by atoms with Gasteiger partial charge in [0.1, 0.15) is 11.5 Å². The normalized spacial score (nSPS) is 19.1. The Bertz CT molecular complexity index is 1460. The van der Waals surface area contributed by atoms with Crippen LogP contribution in [0.25, 0.3) is 27.7 Å². The Kier molecular flexibility index (Phi) is 4.94. The van der Waals surface area contributed by atoms with Gasteiger partial charge in [0, 0.05) is 59.8 Å². The van der Waals surface area contributed by atoms with Crippen molar-refractivity contribution in [2.45, 2.75) is 38.0 Å². The summed E-state index contributed by atoms with van der Waals surface area (Å²) in [6, 6.07) is 10.7. The highest BCUT2D eigenvalue weighted by molar-refractivity contribution is 6.39. The molecule has 1 aromatic carbocycles. The van der Waals surface area contributed by atoms with Crippen molar-refractivity contribution in [3.63, 3.8) is 0 Å². The van der Waals surface area contributed by atoms with Gasteiger partial charge in [0.15, 0.2) is 0 Å². The molecule has 5 nitrogen and oxygen atoms in total. The Morgan fingerprint density at radius 2 is 1.77 bits per heavy atom. The van der Waals surface area contributed by atoms with Gasteiger partial charge in [-0.1, -0.05) is 40.5 Å². The maximum absolute atomic E-state index is 6.50. The molecule has 0 radical (unpaired) electrons. The maximum atomic E-state index is 6.50. The molecule has 7 heteroatoms. The molecule has 7 rings (SSSR count). The van der Waals surface area contributed by atoms with Crippen molar-refractivity contribution < 1.29 is 4.52 Å². The summed E-state index contributed by atoms with van der Waals surface area (Å²) >= 11 is 13.0. The van der Waals surface area contributed by atoms with Crippen molar-refractivity contribution in [1.29, 1.82) is 0 Å². The SMILES string of the molecule is Clc1cncc(Cl)c1-c1noc(C2CC2)c1C1=CC2(CCN(c3ccc4ncccc4c3)CC2)C1. The van der Waals surface area contributed by atoms with E-state index in [0.717, 1.165) is 73.3 Å². The molecular weight excluding hydrogens is 479 g/mol. The maximum Gasteiger partial charge on any atom is 0.147 e. The molecule has 0 N–H and O–H groups in total. The van der Waals surface area contributed by atoms with Gasteiger partial charge in [-0.2, -0.15) is 0 Å². The van der Waals surface area contributed by atoms with E-state index in [1.807, 2.05) is 12.3 Å². The molecule has 176 valence electrons. The van der Waals surface area contributed by atoms with Crippen molar-refractivity contribution in [2.24, 2.45) is 5.41 Å². The van der Waals surface area contributed by atoms with Crippen molar-refractivity contribution in [3.05, 3.63) is 76.4 Å². The zero-order chi connectivity index (χ0) is 23.6. The van der Waals surface area contributed by atoms with Crippen LogP contribution in [0.3, 0.4) is 0 Å². The Hall–Kier alpha value is -2.89. The minimum absolute atomic E-state index is 0.241. The van der Waals surface area contributed by atoms with E-state index < -0.39 is 0 Å². The summed E-state index contributed by atoms with van der Waals surface area (Å²) in [6.45, 7) is 2.09. The van der Waals surface area contributed by atoms with Crippen LogP contribution < -0.4 is 4.90 Å². The molecule has 1 spiro atoms. The number of aromatic nitrogens is 3. The zero-order valence-corrected chi connectivity index (χ0v) is 20.7. The largest absolute Gasteiger partial charge is 0.371 e. The summed E-state index contributed by atoms with van der Waals surface area (Å²) in [5.74, 6) is 1.44. The van der Waals surface area contributed by atoms with E-state index in [4.69, 9.17) is 27.7 Å². The summed E-state index contributed by atoms with van der Waals surface area (Å²) in [5, 5.41) is 6.65. The van der Waals surface area contributed by atoms with Crippen LogP contribution in [0.15, 0.2) is 59.5 Å². The lowest BCUT2D eigenvalue weighted by Gasteiger charge is -2.47. The van der Waals surface area contributed by atoms with Crippen LogP contribution in [0.5, 0.6) is 0 Å². The minimum atomic E-state index is 0.241. The third kappa shape index (κ3) is 3.64. The molecule has 2 fully saturated rings. The number of piperidine rings is 1. The fraction of sp³-hybridized carbons (Fsp3) is 0.321. The van der Waals surface area contributed by atoms with E-state index in [2.05, 4.69) is 50.4 Å². The molecular formula is C28H24Cl2N4O. The number of anilines is 1. The molecule has 35 heavy (non-hydrogen) atoms. The molecule has 0 unspecified atom stereocenters. The molecule has 0 atom stereocenters. The first kappa shape index (κ1) is 21.4. The topological polar surface area (TPSA) is 55.1 Å². The van der Waals surface area contributed by atoms with Gasteiger partial charge in [-0.05, 0) is 67.4 Å². The zero-order valence-electron chi connectivity index (χ0n) is 19.2. The van der Waals surface area contributed by atoms with E-state index in [1.54, 1.807) is 12.4 Å². The van der Waals surface area contributed by atoms with Crippen LogP contribution in [0.2, 0.25) is 10.0 Å². The number of benzene rings is 1. The van der Waals surface area contributed by atoms with Crippen LogP contribution in [-0.2, 0) is 0 Å². The first-order chi connectivity index (χ1) is 17.1. The van der Waals surface area contributed by atoms with Crippen molar-refractivity contribution in [3.8, 4) is 11.3 Å². The van der Waals surface area contributed by atoms with E-state index in [1.165, 1.54) is 16.6 Å². The second kappa shape index (κ2) is 8.07. The standard InChI is InChI=1S/C28H24Cl2N4O/c29-21-15-31-16-22(30)25(21)26-24(27(35-33-26)17-3-4-17)19-13-28(14-19)7-10-34(11-8-28)20-5-6-23-18(12-20)2-1-9-32-23/h1-2,5-6,9,12-13,15-17H,3-4,7-8,10-11,14H2. The highest BCUT2D eigenvalue weighted by atomic mass is 35.5. The highest BCUT2D eigenvalue weighted by Gasteiger charge is 2.44. The van der Waals surface area contributed by atoms with E-state index >= 15 is 0 Å². The van der Waals surface area contributed by atoms with Crippen LogP contribution in [-0.4, -0.2) is 28.2 Å². The molecule has 2 aliphatic carbocycles. The third-order valence-electron chi connectivity index (χ3n) is 7.81. The van der Waals surface area contributed by atoms with Gasteiger partial charge >= 0.3 is 0 Å². The summed E-state index contributed by atoms with van der Waals surface area (Å²) in [7, 11) is 0. The van der Waals surface area contributed by atoms with E-state index in [0.29, 0.717) is 16.0 Å². The van der Waals surface area contributed by atoms with Crippen molar-refractivity contribution >= 4 is 45.4 Å². The number of hydrogen-bond donors (Lipinski definition) is 0. The minimum Gasteiger partial charge on any atom is -0.371 e. The van der Waals surface area contributed by atoms with E-state index in [9.17, 15) is 0 Å². The number of pyridine rings is 2. The van der Waals surface area contributed by atoms with Crippen LogP contribution in [0, 0.1) is 5.41 Å². The van der Waals surface area contributed by atoms with Crippen molar-refractivity contribution in [2.75, 3.05) is 18.0 Å². The number of fused-ring (bicyclic) bond motifs is 1. The molecule has 4 heterocycles. The summed E-state index contributed by atoms with van der Waals surface area (Å²) in [4.78, 5) is 11.1. The quantitative estimate of drug-likeness (QED) is 0.288. The lowest BCUT2D eigenvalue weighted by atomic mass is 9.63. The molecule has 3 aromatic heterocycles. The van der Waals surface area contributed by atoms with Gasteiger partial charge in [-0.15, -0.1) is 0 Å². The molecule has 0 amide bonds. The number of nitrogens with zero attached hydrogens (tertiary/aromatic N) is 4. The van der Waals surface area contributed by atoms with Crippen LogP contribution in [0.4, 0.5) is 5.69 Å². The number of allylic oxidation sites excluding steroid dienone is 2. The highest BCUT2D eigenvalue weighted by Crippen LogP contribution is 2.56. The number of halogens is 2. The lowest BCUT2D eigenvalue weighted by molar-refractivity contribution is 0.277. The first-order valence-electron chi connectivity index (χ1n) is 12.2. The molecule has 1 aliphatic heterocycles. The predicted molar refractivity (Wildman–Crippen MR) is 140 cm³/mol. The third-order valence-corrected chi connectivity index (χ3v) is 8.38. The van der Waals surface area contributed by atoms with E-state index in [-0.39, 0.29) is 5.41 Å². The second-order valence-electron chi connectivity index (χ2n) is 10.1. The molecule has 0 bridgehead atoms. The van der Waals surface area contributed by atoms with Crippen LogP contribution in [0.1, 0.15) is 49.3 Å². The van der Waals surface area contributed by atoms with Gasteiger partial charge in [0.25, 0.3) is 0 Å². The summed E-state index contributed by atoms with van der Waals surface area (Å²) in [6.07, 6.45) is 13.2. The first-order valence-corrected chi connectivity index (χ1v) is 13.0. The lowest BCUT2D eigenvalue weighted by Crippen LogP contribution is -2.42. The van der Waals surface area contributed by atoms with Crippen LogP contribution >= 0.6 is 23.2 Å². The molecule has 3 aliphatic rings. The fourth-order valence-corrected chi connectivity index (χ4v) is 6.26. The average molecular weight is 503 g/mol. The fourth-order valence-electron chi connectivity index (χ4n) is 5.72. The Morgan fingerprint density at radius 3 is 2.51 bits per heavy atom. The van der Waals surface area contributed by atoms with Crippen molar-refractivity contribution in [1.82, 2.24) is 15.1 Å². The van der Waals surface area contributed by atoms with Gasteiger partial charge in [0.05, 0.1) is 15.6 Å². The summed E-state index contributed by atoms with van der Waals surface area (Å²) < 4.78 is 5.88. The molecule has 1 saturated heterocycles. The molecule has 1 saturated carbocycles. The summed E-state index contributed by atoms with van der Waals surface area (Å²) in [5.41, 5.74) is 6.47. The predicted octanol–water partition coefficient (Wildman–Crippen LogP) is 7.54. The Labute approximate surface area is 213 Å².